The van der Waals surface area contributed by atoms with E-state index in [4.69, 9.17) is 15.6 Å². The second-order valence-electron chi connectivity index (χ2n) is 5.03. The van der Waals surface area contributed by atoms with Gasteiger partial charge in [-0.2, -0.15) is 0 Å². The van der Waals surface area contributed by atoms with Gasteiger partial charge in [0.25, 0.3) is 0 Å². The normalized spacial score (nSPS) is 22.9. The van der Waals surface area contributed by atoms with Crippen LogP contribution in [0.2, 0.25) is 0 Å². The first-order valence-electron chi connectivity index (χ1n) is 5.98. The predicted molar refractivity (Wildman–Crippen MR) is 72.0 cm³/mol. The van der Waals surface area contributed by atoms with Gasteiger partial charge in [-0.3, -0.25) is 0 Å². The maximum absolute atomic E-state index is 12.4. The summed E-state index contributed by atoms with van der Waals surface area (Å²) in [5, 5.41) is 9.11. The molecule has 0 aromatic heterocycles. The lowest BCUT2D eigenvalue weighted by molar-refractivity contribution is 0.0692. The number of hydrogen-bond donors (Lipinski definition) is 3. The molecule has 0 aliphatic carbocycles. The molecule has 1 saturated heterocycles. The molecule has 1 atom stereocenters. The number of hydrogen-bond acceptors (Lipinski definition) is 5. The van der Waals surface area contributed by atoms with Crippen LogP contribution in [0.4, 0.5) is 5.69 Å². The molecular formula is C12H16N2O5S. The highest BCUT2D eigenvalue weighted by molar-refractivity contribution is 7.89. The fraction of sp³-hybridized carbons (Fsp3) is 0.417. The van der Waals surface area contributed by atoms with E-state index in [2.05, 4.69) is 4.72 Å². The van der Waals surface area contributed by atoms with Crippen molar-refractivity contribution in [1.82, 2.24) is 4.72 Å². The summed E-state index contributed by atoms with van der Waals surface area (Å²) >= 11 is 0. The van der Waals surface area contributed by atoms with Crippen molar-refractivity contribution in [2.24, 2.45) is 0 Å². The quantitative estimate of drug-likeness (QED) is 0.694. The lowest BCUT2D eigenvalue weighted by atomic mass is 10.0. The molecule has 1 aromatic carbocycles. The Morgan fingerprint density at radius 2 is 2.20 bits per heavy atom. The molecule has 0 radical (unpaired) electrons. The third kappa shape index (κ3) is 2.92. The van der Waals surface area contributed by atoms with Gasteiger partial charge in [-0.05, 0) is 31.5 Å². The van der Waals surface area contributed by atoms with Crippen molar-refractivity contribution in [2.45, 2.75) is 23.8 Å². The third-order valence-corrected chi connectivity index (χ3v) is 4.82. The van der Waals surface area contributed by atoms with E-state index in [1.54, 1.807) is 6.92 Å². The van der Waals surface area contributed by atoms with Crippen molar-refractivity contribution in [2.75, 3.05) is 18.9 Å². The minimum Gasteiger partial charge on any atom is -0.478 e. The number of sulfonamides is 1. The van der Waals surface area contributed by atoms with Crippen LogP contribution in [0, 0.1) is 0 Å². The molecular weight excluding hydrogens is 284 g/mol. The fourth-order valence-corrected chi connectivity index (χ4v) is 3.68. The molecule has 0 amide bonds. The van der Waals surface area contributed by atoms with Crippen LogP contribution in [-0.2, 0) is 14.8 Å². The van der Waals surface area contributed by atoms with Gasteiger partial charge >= 0.3 is 5.97 Å². The summed E-state index contributed by atoms with van der Waals surface area (Å²) in [5.41, 5.74) is 4.62. The summed E-state index contributed by atoms with van der Waals surface area (Å²) < 4.78 is 32.4. The molecule has 20 heavy (non-hydrogen) atoms. The minimum absolute atomic E-state index is 0.191. The smallest absolute Gasteiger partial charge is 0.337 e. The first-order valence-corrected chi connectivity index (χ1v) is 7.46. The number of nitrogens with two attached hydrogens (primary N) is 1. The Hall–Kier alpha value is -1.64. The summed E-state index contributed by atoms with van der Waals surface area (Å²) in [6.07, 6.45) is 0.531. The molecule has 110 valence electrons. The fourth-order valence-electron chi connectivity index (χ4n) is 2.08. The Labute approximate surface area is 116 Å². The van der Waals surface area contributed by atoms with Gasteiger partial charge in [-0.25, -0.2) is 17.9 Å². The number of ether oxygens (including phenoxy) is 1. The molecule has 0 spiro atoms. The zero-order valence-corrected chi connectivity index (χ0v) is 11.7. The summed E-state index contributed by atoms with van der Waals surface area (Å²) in [7, 11) is -3.96. The van der Waals surface area contributed by atoms with E-state index in [0.717, 1.165) is 6.07 Å². The largest absolute Gasteiger partial charge is 0.478 e. The molecule has 0 saturated carbocycles. The first-order chi connectivity index (χ1) is 9.23. The Morgan fingerprint density at radius 3 is 2.75 bits per heavy atom. The summed E-state index contributed by atoms with van der Waals surface area (Å²) in [4.78, 5) is 10.9. The molecule has 4 N–H and O–H groups in total. The van der Waals surface area contributed by atoms with Gasteiger partial charge in [-0.15, -0.1) is 0 Å². The molecule has 1 aromatic rings. The molecule has 1 aliphatic heterocycles. The van der Waals surface area contributed by atoms with E-state index in [9.17, 15) is 13.2 Å². The molecule has 0 bridgehead atoms. The van der Waals surface area contributed by atoms with E-state index < -0.39 is 21.5 Å². The van der Waals surface area contributed by atoms with Gasteiger partial charge in [0, 0.05) is 12.3 Å². The van der Waals surface area contributed by atoms with Crippen molar-refractivity contribution in [1.29, 1.82) is 0 Å². The van der Waals surface area contributed by atoms with Crippen LogP contribution < -0.4 is 10.5 Å². The SMILES string of the molecule is CC1(NS(=O)(=O)c2ccc(N)cc2C(=O)O)CCOC1. The maximum Gasteiger partial charge on any atom is 0.337 e. The number of rotatable bonds is 4. The van der Waals surface area contributed by atoms with E-state index in [-0.39, 0.29) is 22.8 Å². The summed E-state index contributed by atoms with van der Waals surface area (Å²) in [6.45, 7) is 2.44. The molecule has 1 heterocycles. The summed E-state index contributed by atoms with van der Waals surface area (Å²) in [6, 6.07) is 3.68. The Balaban J connectivity index is 2.41. The van der Waals surface area contributed by atoms with Gasteiger partial charge in [0.1, 0.15) is 0 Å². The Morgan fingerprint density at radius 1 is 1.50 bits per heavy atom. The lowest BCUT2D eigenvalue weighted by Crippen LogP contribution is -2.46. The van der Waals surface area contributed by atoms with E-state index in [1.165, 1.54) is 12.1 Å². The molecule has 7 nitrogen and oxygen atoms in total. The van der Waals surface area contributed by atoms with Crippen molar-refractivity contribution < 1.29 is 23.1 Å². The second kappa shape index (κ2) is 5.04. The molecule has 1 aliphatic rings. The zero-order valence-electron chi connectivity index (χ0n) is 10.9. The Kier molecular flexibility index (Phi) is 3.72. The van der Waals surface area contributed by atoms with Gasteiger partial charge < -0.3 is 15.6 Å². The third-order valence-electron chi connectivity index (χ3n) is 3.12. The number of carboxylic acids is 1. The van der Waals surface area contributed by atoms with Gasteiger partial charge in [0.2, 0.25) is 10.0 Å². The van der Waals surface area contributed by atoms with Crippen LogP contribution in [-0.4, -0.2) is 38.2 Å². The average molecular weight is 300 g/mol. The Bertz CT molecular complexity index is 635. The highest BCUT2D eigenvalue weighted by Gasteiger charge is 2.35. The molecule has 8 heteroatoms. The molecule has 1 unspecified atom stereocenters. The van der Waals surface area contributed by atoms with Crippen molar-refractivity contribution in [3.63, 3.8) is 0 Å². The van der Waals surface area contributed by atoms with E-state index in [1.807, 2.05) is 0 Å². The minimum atomic E-state index is -3.96. The van der Waals surface area contributed by atoms with Gasteiger partial charge in [-0.1, -0.05) is 0 Å². The zero-order chi connectivity index (χ0) is 15.0. The summed E-state index contributed by atoms with van der Waals surface area (Å²) in [5.74, 6) is -1.34. The van der Waals surface area contributed by atoms with E-state index in [0.29, 0.717) is 13.0 Å². The first kappa shape index (κ1) is 14.8. The van der Waals surface area contributed by atoms with E-state index >= 15 is 0 Å². The average Bonchev–Trinajstić information content (AvgIpc) is 2.74. The standard InChI is InChI=1S/C12H16N2O5S/c1-12(4-5-19-7-12)14-20(17,18)10-3-2-8(13)6-9(10)11(15)16/h2-3,6,14H,4-5,7,13H2,1H3,(H,15,16). The van der Waals surface area contributed by atoms with Crippen LogP contribution >= 0.6 is 0 Å². The van der Waals surface area contributed by atoms with Crippen LogP contribution in [0.5, 0.6) is 0 Å². The number of carbonyl (C=O) groups is 1. The number of carboxylic acid groups (broad SMARTS) is 1. The lowest BCUT2D eigenvalue weighted by Gasteiger charge is -2.23. The molecule has 1 fully saturated rings. The van der Waals surface area contributed by atoms with Crippen molar-refractivity contribution >= 4 is 21.7 Å². The van der Waals surface area contributed by atoms with Crippen molar-refractivity contribution in [3.05, 3.63) is 23.8 Å². The maximum atomic E-state index is 12.4. The van der Waals surface area contributed by atoms with Crippen LogP contribution in [0.1, 0.15) is 23.7 Å². The number of aromatic carboxylic acids is 1. The van der Waals surface area contributed by atoms with Gasteiger partial charge in [0.15, 0.2) is 0 Å². The predicted octanol–water partition coefficient (Wildman–Crippen LogP) is 0.424. The second-order valence-corrected chi connectivity index (χ2v) is 6.68. The number of nitrogen functional groups attached to an aromatic ring is 1. The van der Waals surface area contributed by atoms with Crippen LogP contribution in [0.25, 0.3) is 0 Å². The number of anilines is 1. The number of nitrogens with one attached hydrogen (secondary N) is 1. The van der Waals surface area contributed by atoms with Crippen LogP contribution in [0.3, 0.4) is 0 Å². The van der Waals surface area contributed by atoms with Crippen LogP contribution in [0.15, 0.2) is 23.1 Å². The molecule has 2 rings (SSSR count). The highest BCUT2D eigenvalue weighted by Crippen LogP contribution is 2.24. The highest BCUT2D eigenvalue weighted by atomic mass is 32.2. The topological polar surface area (TPSA) is 119 Å². The van der Waals surface area contributed by atoms with Gasteiger partial charge in [0.05, 0.1) is 22.6 Å². The number of benzene rings is 1. The monoisotopic (exact) mass is 300 g/mol. The van der Waals surface area contributed by atoms with Crippen molar-refractivity contribution in [3.8, 4) is 0 Å².